The van der Waals surface area contributed by atoms with Gasteiger partial charge in [-0.3, -0.25) is 9.48 Å². The monoisotopic (exact) mass is 423 g/mol. The van der Waals surface area contributed by atoms with Crippen molar-refractivity contribution in [1.29, 1.82) is 0 Å². The highest BCUT2D eigenvalue weighted by Gasteiger charge is 2.33. The number of halogens is 3. The Hall–Kier alpha value is -3.75. The first-order valence-corrected chi connectivity index (χ1v) is 9.50. The Balaban J connectivity index is 1.47. The maximum atomic E-state index is 12.9. The summed E-state index contributed by atoms with van der Waals surface area (Å²) in [7, 11) is 1.74. The Morgan fingerprint density at radius 2 is 1.87 bits per heavy atom. The standard InChI is InChI=1S/C22H16F3N5O/c1-12-7-13(3-6-18(12)30-11-15-10-27-29(2)19(15)21(30)31)20-26-9-14-8-16(22(23,24)25)4-5-17(14)28-20/h3-10H,11H2,1-2H3. The minimum absolute atomic E-state index is 0.103. The molecule has 2 aromatic heterocycles. The van der Waals surface area contributed by atoms with Crippen LogP contribution in [0.5, 0.6) is 0 Å². The number of hydrogen-bond acceptors (Lipinski definition) is 4. The second-order valence-corrected chi connectivity index (χ2v) is 7.50. The first-order chi connectivity index (χ1) is 14.7. The highest BCUT2D eigenvalue weighted by atomic mass is 19.4. The molecule has 2 aromatic carbocycles. The van der Waals surface area contributed by atoms with Gasteiger partial charge in [-0.25, -0.2) is 9.97 Å². The zero-order valence-corrected chi connectivity index (χ0v) is 16.6. The summed E-state index contributed by atoms with van der Waals surface area (Å²) >= 11 is 0. The van der Waals surface area contributed by atoms with Crippen LogP contribution in [0.1, 0.15) is 27.2 Å². The second-order valence-electron chi connectivity index (χ2n) is 7.50. The minimum Gasteiger partial charge on any atom is -0.302 e. The average Bonchev–Trinajstić information content (AvgIpc) is 3.26. The third-order valence-corrected chi connectivity index (χ3v) is 5.44. The lowest BCUT2D eigenvalue weighted by Gasteiger charge is -2.19. The van der Waals surface area contributed by atoms with Crippen LogP contribution in [-0.2, 0) is 19.8 Å². The molecular formula is C22H16F3N5O. The van der Waals surface area contributed by atoms with E-state index in [0.717, 1.165) is 28.9 Å². The van der Waals surface area contributed by atoms with Crippen molar-refractivity contribution in [3.63, 3.8) is 0 Å². The summed E-state index contributed by atoms with van der Waals surface area (Å²) in [6.07, 6.45) is -1.32. The van der Waals surface area contributed by atoms with Gasteiger partial charge >= 0.3 is 6.18 Å². The van der Waals surface area contributed by atoms with Crippen LogP contribution in [-0.4, -0.2) is 25.7 Å². The van der Waals surface area contributed by atoms with E-state index < -0.39 is 11.7 Å². The molecule has 3 heterocycles. The quantitative estimate of drug-likeness (QED) is 0.476. The Labute approximate surface area is 175 Å². The Morgan fingerprint density at radius 3 is 2.58 bits per heavy atom. The summed E-state index contributed by atoms with van der Waals surface area (Å²) in [5.41, 5.74) is 3.52. The van der Waals surface area contributed by atoms with E-state index in [1.54, 1.807) is 22.8 Å². The van der Waals surface area contributed by atoms with Gasteiger partial charge in [-0.15, -0.1) is 0 Å². The summed E-state index contributed by atoms with van der Waals surface area (Å²) in [6, 6.07) is 8.91. The summed E-state index contributed by atoms with van der Waals surface area (Å²) in [4.78, 5) is 23.2. The van der Waals surface area contributed by atoms with Crippen LogP contribution in [0.25, 0.3) is 22.3 Å². The summed E-state index contributed by atoms with van der Waals surface area (Å²) < 4.78 is 40.3. The van der Waals surface area contributed by atoms with Gasteiger partial charge < -0.3 is 4.90 Å². The van der Waals surface area contributed by atoms with Crippen molar-refractivity contribution in [2.24, 2.45) is 7.05 Å². The third-order valence-electron chi connectivity index (χ3n) is 5.44. The summed E-state index contributed by atoms with van der Waals surface area (Å²) in [6.45, 7) is 2.35. The molecule has 0 saturated heterocycles. The number of fused-ring (bicyclic) bond motifs is 2. The predicted molar refractivity (Wildman–Crippen MR) is 108 cm³/mol. The van der Waals surface area contributed by atoms with Gasteiger partial charge in [0.1, 0.15) is 5.69 Å². The molecule has 0 atom stereocenters. The van der Waals surface area contributed by atoms with Crippen molar-refractivity contribution >= 4 is 22.5 Å². The number of alkyl halides is 3. The van der Waals surface area contributed by atoms with Crippen LogP contribution in [0.2, 0.25) is 0 Å². The van der Waals surface area contributed by atoms with E-state index in [-0.39, 0.29) is 5.91 Å². The molecule has 5 rings (SSSR count). The van der Waals surface area contributed by atoms with Crippen molar-refractivity contribution < 1.29 is 18.0 Å². The SMILES string of the molecule is Cc1cc(-c2ncc3cc(C(F)(F)F)ccc3n2)ccc1N1Cc2cnn(C)c2C1=O. The largest absolute Gasteiger partial charge is 0.416 e. The molecule has 0 saturated carbocycles. The van der Waals surface area contributed by atoms with Gasteiger partial charge in [0.15, 0.2) is 5.82 Å². The minimum atomic E-state index is -4.41. The number of amides is 1. The molecule has 1 aliphatic heterocycles. The van der Waals surface area contributed by atoms with Crippen LogP contribution in [0.4, 0.5) is 18.9 Å². The van der Waals surface area contributed by atoms with Crippen LogP contribution < -0.4 is 4.90 Å². The highest BCUT2D eigenvalue weighted by molar-refractivity contribution is 6.09. The molecule has 0 fully saturated rings. The van der Waals surface area contributed by atoms with Crippen molar-refractivity contribution in [3.05, 3.63) is 71.2 Å². The molecule has 0 N–H and O–H groups in total. The maximum absolute atomic E-state index is 12.9. The molecular weight excluding hydrogens is 407 g/mol. The third kappa shape index (κ3) is 3.13. The Bertz CT molecular complexity index is 1360. The van der Waals surface area contributed by atoms with Gasteiger partial charge in [-0.05, 0) is 48.9 Å². The zero-order valence-electron chi connectivity index (χ0n) is 16.6. The Morgan fingerprint density at radius 1 is 1.06 bits per heavy atom. The molecule has 1 aliphatic rings. The molecule has 9 heteroatoms. The van der Waals surface area contributed by atoms with Gasteiger partial charge in [0.05, 0.1) is 23.8 Å². The van der Waals surface area contributed by atoms with Crippen molar-refractivity contribution in [2.45, 2.75) is 19.6 Å². The lowest BCUT2D eigenvalue weighted by atomic mass is 10.1. The number of aromatic nitrogens is 4. The smallest absolute Gasteiger partial charge is 0.302 e. The Kier molecular flexibility index (Phi) is 4.11. The van der Waals surface area contributed by atoms with E-state index in [9.17, 15) is 18.0 Å². The number of carbonyl (C=O) groups is 1. The fourth-order valence-corrected chi connectivity index (χ4v) is 3.89. The molecule has 0 unspecified atom stereocenters. The van der Waals surface area contributed by atoms with E-state index >= 15 is 0 Å². The van der Waals surface area contributed by atoms with Gasteiger partial charge in [-0.1, -0.05) is 0 Å². The molecule has 0 radical (unpaired) electrons. The van der Waals surface area contributed by atoms with E-state index in [4.69, 9.17) is 0 Å². The van der Waals surface area contributed by atoms with Gasteiger partial charge in [0.2, 0.25) is 0 Å². The molecule has 0 bridgehead atoms. The van der Waals surface area contributed by atoms with Gasteiger partial charge in [0.25, 0.3) is 5.91 Å². The first kappa shape index (κ1) is 19.2. The van der Waals surface area contributed by atoms with Crippen molar-refractivity contribution in [3.8, 4) is 11.4 Å². The fourth-order valence-electron chi connectivity index (χ4n) is 3.89. The van der Waals surface area contributed by atoms with E-state index in [1.165, 1.54) is 12.3 Å². The molecule has 4 aromatic rings. The van der Waals surface area contributed by atoms with Gasteiger partial charge in [-0.2, -0.15) is 18.3 Å². The first-order valence-electron chi connectivity index (χ1n) is 9.50. The second kappa shape index (κ2) is 6.63. The number of benzene rings is 2. The summed E-state index contributed by atoms with van der Waals surface area (Å²) in [5, 5.41) is 4.45. The molecule has 1 amide bonds. The van der Waals surface area contributed by atoms with Crippen LogP contribution >= 0.6 is 0 Å². The number of carbonyl (C=O) groups excluding carboxylic acids is 1. The van der Waals surface area contributed by atoms with E-state index in [2.05, 4.69) is 15.1 Å². The molecule has 31 heavy (non-hydrogen) atoms. The predicted octanol–water partition coefficient (Wildman–Crippen LogP) is 4.52. The van der Waals surface area contributed by atoms with E-state index in [1.807, 2.05) is 25.1 Å². The lowest BCUT2D eigenvalue weighted by Crippen LogP contribution is -2.25. The van der Waals surface area contributed by atoms with Crippen molar-refractivity contribution in [1.82, 2.24) is 19.7 Å². The zero-order chi connectivity index (χ0) is 21.9. The molecule has 6 nitrogen and oxygen atoms in total. The lowest BCUT2D eigenvalue weighted by molar-refractivity contribution is -0.137. The van der Waals surface area contributed by atoms with Crippen molar-refractivity contribution in [2.75, 3.05) is 4.90 Å². The van der Waals surface area contributed by atoms with Crippen LogP contribution in [0.3, 0.4) is 0 Å². The number of hydrogen-bond donors (Lipinski definition) is 0. The van der Waals surface area contributed by atoms with Gasteiger partial charge in [0, 0.05) is 35.4 Å². The molecule has 156 valence electrons. The molecule has 0 aliphatic carbocycles. The molecule has 0 spiro atoms. The highest BCUT2D eigenvalue weighted by Crippen LogP contribution is 2.33. The van der Waals surface area contributed by atoms with Crippen LogP contribution in [0.15, 0.2) is 48.8 Å². The summed E-state index contributed by atoms with van der Waals surface area (Å²) in [5.74, 6) is 0.301. The fraction of sp³-hybridized carbons (Fsp3) is 0.182. The number of anilines is 1. The number of aryl methyl sites for hydroxylation is 2. The average molecular weight is 423 g/mol. The number of nitrogens with zero attached hydrogens (tertiary/aromatic N) is 5. The van der Waals surface area contributed by atoms with E-state index in [0.29, 0.717) is 34.5 Å². The van der Waals surface area contributed by atoms with Crippen LogP contribution in [0, 0.1) is 6.92 Å². The topological polar surface area (TPSA) is 63.9 Å². The normalized spacial score (nSPS) is 13.8. The maximum Gasteiger partial charge on any atom is 0.416 e. The number of rotatable bonds is 2.